The van der Waals surface area contributed by atoms with Crippen molar-refractivity contribution in [3.8, 4) is 0 Å². The van der Waals surface area contributed by atoms with Crippen LogP contribution in [-0.4, -0.2) is 7.05 Å². The molecule has 1 unspecified atom stereocenters. The summed E-state index contributed by atoms with van der Waals surface area (Å²) < 4.78 is 0. The predicted octanol–water partition coefficient (Wildman–Crippen LogP) is 5.26. The summed E-state index contributed by atoms with van der Waals surface area (Å²) >= 11 is 0. The van der Waals surface area contributed by atoms with E-state index in [0.717, 1.165) is 0 Å². The topological polar surface area (TPSA) is 12.0 Å². The third kappa shape index (κ3) is 3.25. The highest BCUT2D eigenvalue weighted by Crippen LogP contribution is 2.49. The van der Waals surface area contributed by atoms with E-state index in [1.807, 2.05) is 0 Å². The van der Waals surface area contributed by atoms with E-state index in [1.54, 1.807) is 0 Å². The Morgan fingerprint density at radius 3 is 2.25 bits per heavy atom. The van der Waals surface area contributed by atoms with Crippen molar-refractivity contribution in [2.45, 2.75) is 71.3 Å². The van der Waals surface area contributed by atoms with E-state index in [1.165, 1.54) is 62.5 Å². The van der Waals surface area contributed by atoms with E-state index in [4.69, 9.17) is 0 Å². The van der Waals surface area contributed by atoms with Gasteiger partial charge in [0.1, 0.15) is 0 Å². The molecule has 0 bridgehead atoms. The van der Waals surface area contributed by atoms with E-state index in [2.05, 4.69) is 50.5 Å². The molecule has 0 amide bonds. The van der Waals surface area contributed by atoms with Gasteiger partial charge in [-0.05, 0) is 55.7 Å². The van der Waals surface area contributed by atoms with Crippen molar-refractivity contribution in [1.29, 1.82) is 0 Å². The van der Waals surface area contributed by atoms with Gasteiger partial charge in [-0.15, -0.1) is 0 Å². The Bertz CT molecular complexity index is 387. The van der Waals surface area contributed by atoms with Crippen LogP contribution in [0.25, 0.3) is 0 Å². The molecule has 1 aromatic carbocycles. The van der Waals surface area contributed by atoms with Gasteiger partial charge in [0.25, 0.3) is 0 Å². The average molecular weight is 273 g/mol. The van der Waals surface area contributed by atoms with Crippen LogP contribution in [0.15, 0.2) is 24.3 Å². The molecule has 0 saturated heterocycles. The van der Waals surface area contributed by atoms with Crippen molar-refractivity contribution in [3.05, 3.63) is 35.4 Å². The van der Waals surface area contributed by atoms with Gasteiger partial charge in [0.2, 0.25) is 0 Å². The minimum absolute atomic E-state index is 0.486. The molecule has 1 N–H and O–H groups in total. The second kappa shape index (κ2) is 7.26. The summed E-state index contributed by atoms with van der Waals surface area (Å²) in [7, 11) is 2.13. The zero-order valence-electron chi connectivity index (χ0n) is 13.5. The maximum absolute atomic E-state index is 3.61. The highest BCUT2D eigenvalue weighted by Gasteiger charge is 2.39. The van der Waals surface area contributed by atoms with Gasteiger partial charge in [-0.1, -0.05) is 57.4 Å². The number of hydrogen-bond donors (Lipinski definition) is 1. The number of unbranched alkanes of at least 4 members (excludes halogenated alkanes) is 1. The Hall–Kier alpha value is -0.820. The molecule has 1 saturated carbocycles. The first-order chi connectivity index (χ1) is 9.75. The number of benzene rings is 1. The van der Waals surface area contributed by atoms with E-state index in [-0.39, 0.29) is 0 Å². The Labute approximate surface area is 125 Å². The van der Waals surface area contributed by atoms with Crippen LogP contribution in [-0.2, 0) is 6.42 Å². The standard InChI is InChI=1S/C19H31N/c1-4-6-9-16-10-12-17(13-11-16)18(20-3)19(5-2)14-7-8-15-19/h10-13,18,20H,4-9,14-15H2,1-3H3. The zero-order chi connectivity index (χ0) is 14.4. The predicted molar refractivity (Wildman–Crippen MR) is 88.0 cm³/mol. The van der Waals surface area contributed by atoms with Crippen LogP contribution in [0.1, 0.15) is 76.0 Å². The van der Waals surface area contributed by atoms with Crippen LogP contribution in [0.4, 0.5) is 0 Å². The number of aryl methyl sites for hydroxylation is 1. The van der Waals surface area contributed by atoms with Crippen molar-refractivity contribution >= 4 is 0 Å². The molecule has 1 fully saturated rings. The lowest BCUT2D eigenvalue weighted by atomic mass is 9.73. The molecular formula is C19H31N. The first-order valence-electron chi connectivity index (χ1n) is 8.52. The largest absolute Gasteiger partial charge is 0.313 e. The quantitative estimate of drug-likeness (QED) is 0.714. The zero-order valence-corrected chi connectivity index (χ0v) is 13.5. The van der Waals surface area contributed by atoms with Crippen molar-refractivity contribution < 1.29 is 0 Å². The van der Waals surface area contributed by atoms with Crippen molar-refractivity contribution in [2.75, 3.05) is 7.05 Å². The molecule has 1 aromatic rings. The van der Waals surface area contributed by atoms with Crippen LogP contribution in [0.3, 0.4) is 0 Å². The molecule has 2 rings (SSSR count). The van der Waals surface area contributed by atoms with Crippen LogP contribution in [0.2, 0.25) is 0 Å². The SMILES string of the molecule is CCCCc1ccc(C(NC)C2(CC)CCCC2)cc1. The van der Waals surface area contributed by atoms with Gasteiger partial charge < -0.3 is 5.32 Å². The lowest BCUT2D eigenvalue weighted by molar-refractivity contribution is 0.195. The summed E-state index contributed by atoms with van der Waals surface area (Å²) in [5.74, 6) is 0. The average Bonchev–Trinajstić information content (AvgIpc) is 2.97. The highest BCUT2D eigenvalue weighted by atomic mass is 14.9. The monoisotopic (exact) mass is 273 g/mol. The molecule has 1 aliphatic carbocycles. The van der Waals surface area contributed by atoms with Crippen LogP contribution >= 0.6 is 0 Å². The molecule has 1 atom stereocenters. The fraction of sp³-hybridized carbons (Fsp3) is 0.684. The maximum Gasteiger partial charge on any atom is 0.0374 e. The Balaban J connectivity index is 2.14. The molecule has 20 heavy (non-hydrogen) atoms. The second-order valence-corrected chi connectivity index (χ2v) is 6.49. The first kappa shape index (κ1) is 15.6. The fourth-order valence-corrected chi connectivity index (χ4v) is 4.01. The summed E-state index contributed by atoms with van der Waals surface area (Å²) in [5.41, 5.74) is 3.46. The van der Waals surface area contributed by atoms with Gasteiger partial charge >= 0.3 is 0 Å². The molecule has 112 valence electrons. The molecule has 1 aliphatic rings. The number of hydrogen-bond acceptors (Lipinski definition) is 1. The van der Waals surface area contributed by atoms with E-state index in [0.29, 0.717) is 11.5 Å². The van der Waals surface area contributed by atoms with Gasteiger partial charge in [0, 0.05) is 6.04 Å². The maximum atomic E-state index is 3.61. The summed E-state index contributed by atoms with van der Waals surface area (Å²) in [5, 5.41) is 3.61. The smallest absolute Gasteiger partial charge is 0.0374 e. The van der Waals surface area contributed by atoms with E-state index in [9.17, 15) is 0 Å². The minimum Gasteiger partial charge on any atom is -0.313 e. The fourth-order valence-electron chi connectivity index (χ4n) is 4.01. The highest BCUT2D eigenvalue weighted by molar-refractivity contribution is 5.27. The van der Waals surface area contributed by atoms with Crippen LogP contribution in [0.5, 0.6) is 0 Å². The third-order valence-electron chi connectivity index (χ3n) is 5.34. The lowest BCUT2D eigenvalue weighted by Gasteiger charge is -2.37. The summed E-state index contributed by atoms with van der Waals surface area (Å²) in [6.45, 7) is 4.63. The molecule has 0 aliphatic heterocycles. The number of nitrogens with one attached hydrogen (secondary N) is 1. The molecule has 0 heterocycles. The Morgan fingerprint density at radius 2 is 1.75 bits per heavy atom. The molecule has 1 nitrogen and oxygen atoms in total. The van der Waals surface area contributed by atoms with Gasteiger partial charge in [0.15, 0.2) is 0 Å². The summed E-state index contributed by atoms with van der Waals surface area (Å²) in [6, 6.07) is 9.93. The van der Waals surface area contributed by atoms with E-state index < -0.39 is 0 Å². The number of rotatable bonds is 7. The lowest BCUT2D eigenvalue weighted by Crippen LogP contribution is -2.34. The second-order valence-electron chi connectivity index (χ2n) is 6.49. The molecule has 0 aromatic heterocycles. The van der Waals surface area contributed by atoms with Crippen molar-refractivity contribution in [1.82, 2.24) is 5.32 Å². The van der Waals surface area contributed by atoms with Gasteiger partial charge in [-0.25, -0.2) is 0 Å². The normalized spacial score (nSPS) is 19.1. The van der Waals surface area contributed by atoms with Crippen molar-refractivity contribution in [2.24, 2.45) is 5.41 Å². The van der Waals surface area contributed by atoms with E-state index >= 15 is 0 Å². The van der Waals surface area contributed by atoms with Gasteiger partial charge in [-0.3, -0.25) is 0 Å². The van der Waals surface area contributed by atoms with Crippen LogP contribution < -0.4 is 5.32 Å². The minimum atomic E-state index is 0.486. The van der Waals surface area contributed by atoms with Crippen LogP contribution in [0, 0.1) is 5.41 Å². The van der Waals surface area contributed by atoms with Crippen molar-refractivity contribution in [3.63, 3.8) is 0 Å². The summed E-state index contributed by atoms with van der Waals surface area (Å²) in [6.07, 6.45) is 10.7. The summed E-state index contributed by atoms with van der Waals surface area (Å²) in [4.78, 5) is 0. The van der Waals surface area contributed by atoms with Gasteiger partial charge in [0.05, 0.1) is 0 Å². The molecule has 1 heteroatoms. The van der Waals surface area contributed by atoms with Gasteiger partial charge in [-0.2, -0.15) is 0 Å². The first-order valence-corrected chi connectivity index (χ1v) is 8.52. The Kier molecular flexibility index (Phi) is 5.65. The Morgan fingerprint density at radius 1 is 1.10 bits per heavy atom. The molecule has 0 spiro atoms. The molecular weight excluding hydrogens is 242 g/mol. The molecule has 0 radical (unpaired) electrons. The third-order valence-corrected chi connectivity index (χ3v) is 5.34.